The molecule has 0 saturated carbocycles. The number of carbonyl (C=O) groups is 1. The first-order chi connectivity index (χ1) is 8.52. The van der Waals surface area contributed by atoms with Gasteiger partial charge in [0.25, 0.3) is 5.91 Å². The molecule has 96 valence electrons. The number of rotatable bonds is 2. The van der Waals surface area contributed by atoms with Gasteiger partial charge >= 0.3 is 0 Å². The Labute approximate surface area is 120 Å². The van der Waals surface area contributed by atoms with Crippen molar-refractivity contribution in [1.82, 2.24) is 16.2 Å². The third kappa shape index (κ3) is 4.85. The molecule has 0 aromatic heterocycles. The molecule has 0 atom stereocenters. The highest BCUT2D eigenvalue weighted by Crippen LogP contribution is 2.18. The second-order valence-electron chi connectivity index (χ2n) is 3.53. The molecule has 6 heteroatoms. The Balaban J connectivity index is 2.65. The topological polar surface area (TPSA) is 53.2 Å². The van der Waals surface area contributed by atoms with Crippen molar-refractivity contribution >= 4 is 44.7 Å². The smallest absolute Gasteiger partial charge is 0.262 e. The lowest BCUT2D eigenvalue weighted by atomic mass is 10.1. The molecule has 3 N–H and O–H groups in total. The van der Waals surface area contributed by atoms with Crippen molar-refractivity contribution in [2.24, 2.45) is 0 Å². The zero-order valence-corrected chi connectivity index (χ0v) is 12.5. The largest absolute Gasteiger partial charge is 0.364 e. The quantitative estimate of drug-likeness (QED) is 0.441. The predicted molar refractivity (Wildman–Crippen MR) is 80.7 cm³/mol. The molecule has 0 radical (unpaired) electrons. The molecule has 1 aromatic rings. The Morgan fingerprint density at radius 2 is 2.11 bits per heavy atom. The predicted octanol–water partition coefficient (Wildman–Crippen LogP) is 1.98. The summed E-state index contributed by atoms with van der Waals surface area (Å²) in [5.74, 6) is -0.259. The number of hydrogen-bond acceptors (Lipinski definition) is 2. The fourth-order valence-corrected chi connectivity index (χ4v) is 1.68. The van der Waals surface area contributed by atoms with Gasteiger partial charge in [0.15, 0.2) is 5.11 Å². The van der Waals surface area contributed by atoms with Crippen molar-refractivity contribution in [1.29, 1.82) is 0 Å². The Bertz CT molecular complexity index is 488. The minimum atomic E-state index is -0.259. The van der Waals surface area contributed by atoms with Gasteiger partial charge in [0.1, 0.15) is 0 Å². The van der Waals surface area contributed by atoms with E-state index in [0.717, 1.165) is 15.6 Å². The first-order valence-corrected chi connectivity index (χ1v) is 6.45. The minimum absolute atomic E-state index is 0.259. The van der Waals surface area contributed by atoms with E-state index < -0.39 is 0 Å². The number of hydrazine groups is 1. The fraction of sp³-hybridized carbons (Fsp3) is 0.167. The van der Waals surface area contributed by atoms with Crippen LogP contribution in [0.2, 0.25) is 0 Å². The monoisotopic (exact) mass is 327 g/mol. The van der Waals surface area contributed by atoms with Gasteiger partial charge < -0.3 is 5.32 Å². The van der Waals surface area contributed by atoms with E-state index in [2.05, 4.69) is 32.1 Å². The maximum atomic E-state index is 11.6. The molecule has 0 unspecified atom stereocenters. The molecule has 0 spiro atoms. The van der Waals surface area contributed by atoms with Crippen molar-refractivity contribution in [3.05, 3.63) is 40.4 Å². The van der Waals surface area contributed by atoms with Gasteiger partial charge in [-0.3, -0.25) is 15.6 Å². The number of thiocarbonyl (C=S) groups is 1. The average molecular weight is 328 g/mol. The Kier molecular flexibility index (Phi) is 5.80. The first kappa shape index (κ1) is 14.7. The average Bonchev–Trinajstić information content (AvgIpc) is 2.35. The normalized spacial score (nSPS) is 10.7. The van der Waals surface area contributed by atoms with Crippen LogP contribution in [-0.4, -0.2) is 18.1 Å². The molecule has 0 fully saturated rings. The first-order valence-electron chi connectivity index (χ1n) is 5.25. The Morgan fingerprint density at radius 1 is 1.39 bits per heavy atom. The van der Waals surface area contributed by atoms with Crippen LogP contribution in [0.25, 0.3) is 5.57 Å². The van der Waals surface area contributed by atoms with E-state index >= 15 is 0 Å². The van der Waals surface area contributed by atoms with Crippen LogP contribution in [0.4, 0.5) is 0 Å². The van der Waals surface area contributed by atoms with Crippen molar-refractivity contribution in [2.45, 2.75) is 6.92 Å². The standard InChI is InChI=1S/C12H14BrN3OS/c1-8(9-4-3-5-10(13)7-9)6-11(17)15-16-12(18)14-2/h3-7H,1-2H3,(H,15,17)(H2,14,16,18)/b8-6+. The summed E-state index contributed by atoms with van der Waals surface area (Å²) in [5.41, 5.74) is 6.88. The number of amides is 1. The van der Waals surface area contributed by atoms with E-state index in [-0.39, 0.29) is 5.91 Å². The van der Waals surface area contributed by atoms with Gasteiger partial charge in [0, 0.05) is 17.6 Å². The lowest BCUT2D eigenvalue weighted by Crippen LogP contribution is -2.45. The van der Waals surface area contributed by atoms with Gasteiger partial charge in [-0.2, -0.15) is 0 Å². The van der Waals surface area contributed by atoms with Crippen LogP contribution >= 0.6 is 28.1 Å². The molecule has 0 aliphatic carbocycles. The third-order valence-electron chi connectivity index (χ3n) is 2.15. The van der Waals surface area contributed by atoms with Gasteiger partial charge in [-0.15, -0.1) is 0 Å². The van der Waals surface area contributed by atoms with Crippen molar-refractivity contribution in [2.75, 3.05) is 7.05 Å². The maximum absolute atomic E-state index is 11.6. The van der Waals surface area contributed by atoms with Crippen molar-refractivity contribution in [3.63, 3.8) is 0 Å². The number of allylic oxidation sites excluding steroid dienone is 1. The maximum Gasteiger partial charge on any atom is 0.262 e. The molecular weight excluding hydrogens is 314 g/mol. The van der Waals surface area contributed by atoms with Crippen LogP contribution in [0, 0.1) is 0 Å². The highest BCUT2D eigenvalue weighted by molar-refractivity contribution is 9.10. The molecule has 0 aliphatic rings. The molecule has 0 heterocycles. The lowest BCUT2D eigenvalue weighted by molar-refractivity contribution is -0.117. The summed E-state index contributed by atoms with van der Waals surface area (Å²) >= 11 is 8.22. The number of nitrogens with one attached hydrogen (secondary N) is 3. The Morgan fingerprint density at radius 3 is 2.72 bits per heavy atom. The molecule has 0 bridgehead atoms. The molecule has 18 heavy (non-hydrogen) atoms. The summed E-state index contributed by atoms with van der Waals surface area (Å²) in [6.07, 6.45) is 1.51. The SMILES string of the molecule is CNC(=S)NNC(=O)/C=C(\C)c1cccc(Br)c1. The summed E-state index contributed by atoms with van der Waals surface area (Å²) < 4.78 is 0.975. The van der Waals surface area contributed by atoms with Crippen molar-refractivity contribution < 1.29 is 4.79 Å². The molecule has 0 saturated heterocycles. The highest BCUT2D eigenvalue weighted by atomic mass is 79.9. The van der Waals surface area contributed by atoms with E-state index in [1.807, 2.05) is 31.2 Å². The van der Waals surface area contributed by atoms with Crippen LogP contribution in [0.3, 0.4) is 0 Å². The van der Waals surface area contributed by atoms with E-state index in [0.29, 0.717) is 5.11 Å². The van der Waals surface area contributed by atoms with Gasteiger partial charge in [0.05, 0.1) is 0 Å². The second-order valence-corrected chi connectivity index (χ2v) is 4.85. The van der Waals surface area contributed by atoms with E-state index in [1.54, 1.807) is 7.05 Å². The minimum Gasteiger partial charge on any atom is -0.364 e. The van der Waals surface area contributed by atoms with E-state index in [9.17, 15) is 4.79 Å². The van der Waals surface area contributed by atoms with Crippen LogP contribution in [0.5, 0.6) is 0 Å². The summed E-state index contributed by atoms with van der Waals surface area (Å²) in [7, 11) is 1.67. The zero-order chi connectivity index (χ0) is 13.5. The molecular formula is C12H14BrN3OS. The second kappa shape index (κ2) is 7.13. The lowest BCUT2D eigenvalue weighted by Gasteiger charge is -2.07. The van der Waals surface area contributed by atoms with E-state index in [1.165, 1.54) is 6.08 Å². The number of benzene rings is 1. The summed E-state index contributed by atoms with van der Waals surface area (Å²) in [6.45, 7) is 1.87. The summed E-state index contributed by atoms with van der Waals surface area (Å²) in [4.78, 5) is 11.6. The molecule has 1 amide bonds. The number of carbonyl (C=O) groups excluding carboxylic acids is 1. The number of halogens is 1. The van der Waals surface area contributed by atoms with Gasteiger partial charge in [-0.1, -0.05) is 28.1 Å². The molecule has 0 aliphatic heterocycles. The summed E-state index contributed by atoms with van der Waals surface area (Å²) in [5, 5.41) is 3.05. The third-order valence-corrected chi connectivity index (χ3v) is 2.95. The highest BCUT2D eigenvalue weighted by Gasteiger charge is 2.01. The molecule has 1 rings (SSSR count). The van der Waals surface area contributed by atoms with Crippen LogP contribution in [-0.2, 0) is 4.79 Å². The van der Waals surface area contributed by atoms with Crippen LogP contribution in [0.1, 0.15) is 12.5 Å². The summed E-state index contributed by atoms with van der Waals surface area (Å²) in [6, 6.07) is 7.74. The molecule has 4 nitrogen and oxygen atoms in total. The van der Waals surface area contributed by atoms with E-state index in [4.69, 9.17) is 12.2 Å². The Hall–Kier alpha value is -1.40. The molecule has 1 aromatic carbocycles. The van der Waals surface area contributed by atoms with Crippen LogP contribution < -0.4 is 16.2 Å². The number of hydrogen-bond donors (Lipinski definition) is 3. The van der Waals surface area contributed by atoms with Crippen molar-refractivity contribution in [3.8, 4) is 0 Å². The van der Waals surface area contributed by atoms with Gasteiger partial charge in [-0.05, 0) is 42.4 Å². The van der Waals surface area contributed by atoms with Gasteiger partial charge in [-0.25, -0.2) is 0 Å². The fourth-order valence-electron chi connectivity index (χ4n) is 1.23. The van der Waals surface area contributed by atoms with Crippen LogP contribution in [0.15, 0.2) is 34.8 Å². The van der Waals surface area contributed by atoms with Gasteiger partial charge in [0.2, 0.25) is 0 Å². The zero-order valence-electron chi connectivity index (χ0n) is 10.1.